The highest BCUT2D eigenvalue weighted by Crippen LogP contribution is 1.56. The van der Waals surface area contributed by atoms with Gasteiger partial charge in [0, 0.05) is 7.11 Å². The maximum atomic E-state index is 8.00. The van der Waals surface area contributed by atoms with Crippen molar-refractivity contribution in [3.8, 4) is 0 Å². The molecule has 0 aromatic heterocycles. The molecule has 0 saturated heterocycles. The van der Waals surface area contributed by atoms with Crippen LogP contribution >= 0.6 is 0 Å². The summed E-state index contributed by atoms with van der Waals surface area (Å²) in [6.07, 6.45) is 1.25. The molecular weight excluding hydrogens is 92.1 g/mol. The summed E-state index contributed by atoms with van der Waals surface area (Å²) in [7, 11) is 1.00. The van der Waals surface area contributed by atoms with Crippen molar-refractivity contribution in [3.63, 3.8) is 0 Å². The van der Waals surface area contributed by atoms with E-state index in [1.165, 1.54) is 6.42 Å². The Morgan fingerprint density at radius 1 is 1.29 bits per heavy atom. The summed E-state index contributed by atoms with van der Waals surface area (Å²) in [5.41, 5.74) is 0. The lowest BCUT2D eigenvalue weighted by Gasteiger charge is -1.48. The number of carbonyl (C=O) groups is 1. The van der Waals surface area contributed by atoms with Gasteiger partial charge in [0.25, 0.3) is 0 Å². The molecule has 0 spiro atoms. The van der Waals surface area contributed by atoms with Gasteiger partial charge in [-0.3, -0.25) is 0 Å². The van der Waals surface area contributed by atoms with Crippen LogP contribution in [-0.4, -0.2) is 19.0 Å². The van der Waals surface area contributed by atoms with Gasteiger partial charge in [0.2, 0.25) is 0 Å². The summed E-state index contributed by atoms with van der Waals surface area (Å²) < 4.78 is 0. The maximum absolute atomic E-state index is 8.00. The quantitative estimate of drug-likeness (QED) is 0.497. The highest BCUT2D eigenvalue weighted by atomic mass is 16.2. The predicted molar refractivity (Wildman–Crippen MR) is 31.2 cm³/mol. The fraction of sp³-hybridized carbons (Fsp3) is 0.800. The second-order valence-electron chi connectivity index (χ2n) is 0.707. The Labute approximate surface area is 45.2 Å². The van der Waals surface area contributed by atoms with E-state index in [1.807, 2.05) is 6.79 Å². The molecule has 0 fully saturated rings. The smallest absolute Gasteiger partial charge is 0.106 e. The molecule has 0 heterocycles. The summed E-state index contributed by atoms with van der Waals surface area (Å²) in [5, 5.41) is 7.00. The average Bonchev–Trinajstić information content (AvgIpc) is 1.78. The zero-order valence-electron chi connectivity index (χ0n) is 5.27. The molecule has 0 aliphatic heterocycles. The summed E-state index contributed by atoms with van der Waals surface area (Å²) in [6.45, 7) is 6.25. The van der Waals surface area contributed by atoms with Crippen molar-refractivity contribution < 1.29 is 9.90 Å². The lowest BCUT2D eigenvalue weighted by molar-refractivity contribution is -0.0979. The van der Waals surface area contributed by atoms with E-state index in [4.69, 9.17) is 9.90 Å². The Morgan fingerprint density at radius 3 is 1.29 bits per heavy atom. The molecule has 0 aliphatic rings. The molecule has 0 unspecified atom stereocenters. The fourth-order valence-electron chi connectivity index (χ4n) is 0. The van der Waals surface area contributed by atoms with Crippen molar-refractivity contribution in [2.75, 3.05) is 7.11 Å². The molecule has 0 aromatic rings. The predicted octanol–water partition coefficient (Wildman–Crippen LogP) is 0.840. The van der Waals surface area contributed by atoms with Crippen LogP contribution in [0.4, 0.5) is 0 Å². The van der Waals surface area contributed by atoms with E-state index >= 15 is 0 Å². The Balaban J connectivity index is -0.0000000360. The maximum Gasteiger partial charge on any atom is 0.106 e. The monoisotopic (exact) mass is 106 g/mol. The average molecular weight is 106 g/mol. The van der Waals surface area contributed by atoms with Gasteiger partial charge in [-0.1, -0.05) is 20.3 Å². The van der Waals surface area contributed by atoms with Gasteiger partial charge in [0.15, 0.2) is 0 Å². The molecule has 0 amide bonds. The Kier molecular flexibility index (Phi) is 693. The van der Waals surface area contributed by atoms with Crippen LogP contribution in [0.25, 0.3) is 0 Å². The van der Waals surface area contributed by atoms with Crippen LogP contribution in [-0.2, 0) is 4.79 Å². The summed E-state index contributed by atoms with van der Waals surface area (Å²) in [5.74, 6) is 0. The van der Waals surface area contributed by atoms with Gasteiger partial charge in [-0.15, -0.1) is 0 Å². The SMILES string of the molecule is C=O.CCC.CO. The Hall–Kier alpha value is -0.370. The minimum Gasteiger partial charge on any atom is -0.400 e. The van der Waals surface area contributed by atoms with E-state index < -0.39 is 0 Å². The van der Waals surface area contributed by atoms with E-state index in [-0.39, 0.29) is 0 Å². The van der Waals surface area contributed by atoms with Gasteiger partial charge >= 0.3 is 0 Å². The molecule has 46 valence electrons. The zero-order chi connectivity index (χ0) is 6.71. The van der Waals surface area contributed by atoms with Crippen molar-refractivity contribution in [2.45, 2.75) is 20.3 Å². The van der Waals surface area contributed by atoms with Crippen molar-refractivity contribution in [2.24, 2.45) is 0 Å². The van der Waals surface area contributed by atoms with Crippen molar-refractivity contribution in [3.05, 3.63) is 0 Å². The first-order chi connectivity index (χ1) is 3.41. The van der Waals surface area contributed by atoms with Crippen molar-refractivity contribution >= 4 is 6.79 Å². The summed E-state index contributed by atoms with van der Waals surface area (Å²) >= 11 is 0. The van der Waals surface area contributed by atoms with E-state index in [0.29, 0.717) is 0 Å². The highest BCUT2D eigenvalue weighted by molar-refractivity contribution is 5.10. The molecule has 0 bridgehead atoms. The van der Waals surface area contributed by atoms with Gasteiger partial charge < -0.3 is 9.90 Å². The van der Waals surface area contributed by atoms with Crippen LogP contribution in [0.2, 0.25) is 0 Å². The number of aliphatic hydroxyl groups excluding tert-OH is 1. The normalized spacial score (nSPS) is 4.00. The van der Waals surface area contributed by atoms with E-state index in [1.54, 1.807) is 0 Å². The van der Waals surface area contributed by atoms with Crippen LogP contribution in [0.15, 0.2) is 0 Å². The molecule has 0 aliphatic carbocycles. The zero-order valence-corrected chi connectivity index (χ0v) is 5.27. The number of hydrogen-bond acceptors (Lipinski definition) is 2. The van der Waals surface area contributed by atoms with Gasteiger partial charge in [-0.25, -0.2) is 0 Å². The van der Waals surface area contributed by atoms with E-state index in [2.05, 4.69) is 13.8 Å². The highest BCUT2D eigenvalue weighted by Gasteiger charge is 1.35. The number of aliphatic hydroxyl groups is 1. The number of carbonyl (C=O) groups excluding carboxylic acids is 1. The first kappa shape index (κ1) is 15.9. The third-order valence-corrected chi connectivity index (χ3v) is 0. The lowest BCUT2D eigenvalue weighted by atomic mass is 10.6. The molecule has 2 heteroatoms. The first-order valence-electron chi connectivity index (χ1n) is 2.15. The van der Waals surface area contributed by atoms with Gasteiger partial charge in [-0.05, 0) is 0 Å². The minimum absolute atomic E-state index is 1.00. The Bertz CT molecular complexity index is 10.0. The second-order valence-corrected chi connectivity index (χ2v) is 0.707. The summed E-state index contributed by atoms with van der Waals surface area (Å²) in [6, 6.07) is 0. The van der Waals surface area contributed by atoms with Crippen molar-refractivity contribution in [1.82, 2.24) is 0 Å². The summed E-state index contributed by atoms with van der Waals surface area (Å²) in [4.78, 5) is 8.00. The van der Waals surface area contributed by atoms with Crippen LogP contribution in [0, 0.1) is 0 Å². The van der Waals surface area contributed by atoms with Crippen LogP contribution in [0.1, 0.15) is 20.3 Å². The van der Waals surface area contributed by atoms with E-state index in [9.17, 15) is 0 Å². The van der Waals surface area contributed by atoms with Crippen LogP contribution < -0.4 is 0 Å². The largest absolute Gasteiger partial charge is 0.400 e. The van der Waals surface area contributed by atoms with Crippen LogP contribution in [0.3, 0.4) is 0 Å². The number of rotatable bonds is 0. The molecule has 0 rings (SSSR count). The number of hydrogen-bond donors (Lipinski definition) is 1. The minimum atomic E-state index is 1.00. The first-order valence-corrected chi connectivity index (χ1v) is 2.15. The van der Waals surface area contributed by atoms with Crippen LogP contribution in [0.5, 0.6) is 0 Å². The molecule has 0 atom stereocenters. The molecular formula is C5H14O2. The van der Waals surface area contributed by atoms with Gasteiger partial charge in [-0.2, -0.15) is 0 Å². The third kappa shape index (κ3) is 542. The lowest BCUT2D eigenvalue weighted by Crippen LogP contribution is -1.27. The van der Waals surface area contributed by atoms with Crippen molar-refractivity contribution in [1.29, 1.82) is 0 Å². The standard InChI is InChI=1S/C3H8.CH4O.CH2O/c1-3-2;2*1-2/h3H2,1-2H3;2H,1H3;1H2. The molecule has 2 nitrogen and oxygen atoms in total. The fourth-order valence-corrected chi connectivity index (χ4v) is 0. The van der Waals surface area contributed by atoms with Gasteiger partial charge in [0.05, 0.1) is 0 Å². The molecule has 0 radical (unpaired) electrons. The molecule has 7 heavy (non-hydrogen) atoms. The Morgan fingerprint density at radius 2 is 1.29 bits per heavy atom. The molecule has 1 N–H and O–H groups in total. The third-order valence-electron chi connectivity index (χ3n) is 0. The topological polar surface area (TPSA) is 37.3 Å². The second kappa shape index (κ2) is 304. The molecule has 0 aromatic carbocycles. The molecule has 0 saturated carbocycles. The van der Waals surface area contributed by atoms with E-state index in [0.717, 1.165) is 7.11 Å². The van der Waals surface area contributed by atoms with Gasteiger partial charge in [0.1, 0.15) is 6.79 Å².